The minimum Gasteiger partial charge on any atom is -0.457 e. The molecule has 0 amide bonds. The summed E-state index contributed by atoms with van der Waals surface area (Å²) in [6, 6.07) is 17.8. The molecule has 7 nitrogen and oxygen atoms in total. The number of ether oxygens (including phenoxy) is 1. The van der Waals surface area contributed by atoms with Crippen LogP contribution in [0.5, 0.6) is 11.5 Å². The minimum atomic E-state index is 0.469. The van der Waals surface area contributed by atoms with Gasteiger partial charge in [0.05, 0.1) is 22.9 Å². The summed E-state index contributed by atoms with van der Waals surface area (Å²) in [5.41, 5.74) is 4.80. The second-order valence-corrected chi connectivity index (χ2v) is 7.49. The predicted octanol–water partition coefficient (Wildman–Crippen LogP) is 5.61. The number of nitrogens with one attached hydrogen (secondary N) is 1. The van der Waals surface area contributed by atoms with Crippen LogP contribution in [0.4, 0.5) is 11.6 Å². The normalized spacial score (nSPS) is 11.4. The van der Waals surface area contributed by atoms with Gasteiger partial charge in [0.1, 0.15) is 18.6 Å². The first-order valence-corrected chi connectivity index (χ1v) is 10.1. The zero-order valence-electron chi connectivity index (χ0n) is 18.0. The molecule has 0 aliphatic heterocycles. The average Bonchev–Trinajstić information content (AvgIpc) is 3.07. The number of rotatable bonds is 7. The summed E-state index contributed by atoms with van der Waals surface area (Å²) in [4.78, 5) is 13.7. The molecule has 0 spiro atoms. The first kappa shape index (κ1) is 20.4. The third-order valence-corrected chi connectivity index (χ3v) is 4.94. The molecule has 0 saturated carbocycles. The standard InChI is InChI=1S/C24H25N5O2/c1-16(2)17-6-5-7-18(12-17)27-24-28-22-14-20(8-9-23(22)29(24)3)31-21-10-11-25-19(13-21)15-26-30-4/h5-16H,1-4H3,(H,27,28)/b26-15-. The molecule has 7 heteroatoms. The summed E-state index contributed by atoms with van der Waals surface area (Å²) in [6.07, 6.45) is 3.19. The maximum atomic E-state index is 6.00. The molecule has 0 radical (unpaired) electrons. The highest BCUT2D eigenvalue weighted by Crippen LogP contribution is 2.28. The lowest BCUT2D eigenvalue weighted by atomic mass is 10.0. The van der Waals surface area contributed by atoms with E-state index in [9.17, 15) is 0 Å². The van der Waals surface area contributed by atoms with Crippen LogP contribution in [0.2, 0.25) is 0 Å². The number of anilines is 2. The van der Waals surface area contributed by atoms with E-state index < -0.39 is 0 Å². The summed E-state index contributed by atoms with van der Waals surface area (Å²) in [6.45, 7) is 4.37. The van der Waals surface area contributed by atoms with Gasteiger partial charge in [-0.05, 0) is 41.8 Å². The summed E-state index contributed by atoms with van der Waals surface area (Å²) < 4.78 is 8.04. The minimum absolute atomic E-state index is 0.469. The van der Waals surface area contributed by atoms with Crippen LogP contribution in [0.15, 0.2) is 65.9 Å². The van der Waals surface area contributed by atoms with Crippen molar-refractivity contribution in [3.63, 3.8) is 0 Å². The van der Waals surface area contributed by atoms with Gasteiger partial charge in [0, 0.05) is 31.1 Å². The molecule has 4 rings (SSSR count). The van der Waals surface area contributed by atoms with Gasteiger partial charge in [-0.25, -0.2) is 4.98 Å². The Morgan fingerprint density at radius 1 is 1.06 bits per heavy atom. The van der Waals surface area contributed by atoms with Crippen molar-refractivity contribution in [2.24, 2.45) is 12.2 Å². The number of oxime groups is 1. The highest BCUT2D eigenvalue weighted by atomic mass is 16.6. The van der Waals surface area contributed by atoms with Gasteiger partial charge in [-0.3, -0.25) is 4.98 Å². The Balaban J connectivity index is 1.58. The highest BCUT2D eigenvalue weighted by Gasteiger charge is 2.10. The molecule has 0 atom stereocenters. The molecule has 2 aromatic heterocycles. The third-order valence-electron chi connectivity index (χ3n) is 4.94. The lowest BCUT2D eigenvalue weighted by molar-refractivity contribution is 0.215. The fourth-order valence-corrected chi connectivity index (χ4v) is 3.26. The Labute approximate surface area is 181 Å². The first-order chi connectivity index (χ1) is 15.0. The number of pyridine rings is 1. The smallest absolute Gasteiger partial charge is 0.208 e. The van der Waals surface area contributed by atoms with Gasteiger partial charge in [0.25, 0.3) is 0 Å². The average molecular weight is 415 g/mol. The van der Waals surface area contributed by atoms with Crippen LogP contribution in [0.25, 0.3) is 11.0 Å². The van der Waals surface area contributed by atoms with Crippen molar-refractivity contribution in [3.05, 3.63) is 72.1 Å². The molecule has 4 aromatic rings. The number of nitrogens with zero attached hydrogens (tertiary/aromatic N) is 4. The van der Waals surface area contributed by atoms with Crippen molar-refractivity contribution in [3.8, 4) is 11.5 Å². The lowest BCUT2D eigenvalue weighted by Crippen LogP contribution is -1.99. The van der Waals surface area contributed by atoms with Crippen molar-refractivity contribution in [2.45, 2.75) is 19.8 Å². The SMILES string of the molecule is CO/N=C\c1cc(Oc2ccc3c(c2)nc(Nc2cccc(C(C)C)c2)n3C)ccn1. The maximum absolute atomic E-state index is 6.00. The largest absolute Gasteiger partial charge is 0.457 e. The first-order valence-electron chi connectivity index (χ1n) is 10.1. The summed E-state index contributed by atoms with van der Waals surface area (Å²) in [5, 5.41) is 7.16. The molecule has 2 heterocycles. The van der Waals surface area contributed by atoms with E-state index in [0.29, 0.717) is 23.1 Å². The van der Waals surface area contributed by atoms with E-state index in [1.165, 1.54) is 18.9 Å². The molecule has 0 fully saturated rings. The van der Waals surface area contributed by atoms with Gasteiger partial charge in [0.2, 0.25) is 5.95 Å². The maximum Gasteiger partial charge on any atom is 0.208 e. The topological polar surface area (TPSA) is 73.6 Å². The third kappa shape index (κ3) is 4.66. The van der Waals surface area contributed by atoms with E-state index in [1.54, 1.807) is 18.3 Å². The van der Waals surface area contributed by atoms with Crippen LogP contribution in [-0.2, 0) is 11.9 Å². The van der Waals surface area contributed by atoms with Crippen LogP contribution >= 0.6 is 0 Å². The molecule has 2 aromatic carbocycles. The fraction of sp³-hybridized carbons (Fsp3) is 0.208. The van der Waals surface area contributed by atoms with E-state index in [1.807, 2.05) is 35.9 Å². The molecule has 0 unspecified atom stereocenters. The van der Waals surface area contributed by atoms with Crippen molar-refractivity contribution < 1.29 is 9.57 Å². The predicted molar refractivity (Wildman–Crippen MR) is 123 cm³/mol. The van der Waals surface area contributed by atoms with Gasteiger partial charge in [-0.15, -0.1) is 0 Å². The number of aryl methyl sites for hydroxylation is 1. The van der Waals surface area contributed by atoms with Gasteiger partial charge in [0.15, 0.2) is 0 Å². The molecule has 0 aliphatic rings. The quantitative estimate of drug-likeness (QED) is 0.314. The number of hydrogen-bond acceptors (Lipinski definition) is 6. The Hall–Kier alpha value is -3.87. The van der Waals surface area contributed by atoms with Crippen LogP contribution in [-0.4, -0.2) is 27.9 Å². The zero-order valence-corrected chi connectivity index (χ0v) is 18.0. The van der Waals surface area contributed by atoms with Crippen molar-refractivity contribution in [2.75, 3.05) is 12.4 Å². The molecule has 158 valence electrons. The Bertz CT molecular complexity index is 1230. The molecule has 31 heavy (non-hydrogen) atoms. The summed E-state index contributed by atoms with van der Waals surface area (Å²) in [5.74, 6) is 2.60. The van der Waals surface area contributed by atoms with Crippen molar-refractivity contribution in [1.29, 1.82) is 0 Å². The second-order valence-electron chi connectivity index (χ2n) is 7.49. The summed E-state index contributed by atoms with van der Waals surface area (Å²) in [7, 11) is 3.48. The number of imidazole rings is 1. The molecule has 0 bridgehead atoms. The van der Waals surface area contributed by atoms with E-state index in [0.717, 1.165) is 22.7 Å². The summed E-state index contributed by atoms with van der Waals surface area (Å²) >= 11 is 0. The van der Waals surface area contributed by atoms with Gasteiger partial charge < -0.3 is 19.5 Å². The van der Waals surface area contributed by atoms with Gasteiger partial charge >= 0.3 is 0 Å². The van der Waals surface area contributed by atoms with Gasteiger partial charge in [-0.1, -0.05) is 31.1 Å². The monoisotopic (exact) mass is 415 g/mol. The number of benzene rings is 2. The number of hydrogen-bond donors (Lipinski definition) is 1. The van der Waals surface area contributed by atoms with Crippen molar-refractivity contribution in [1.82, 2.24) is 14.5 Å². The van der Waals surface area contributed by atoms with Crippen molar-refractivity contribution >= 4 is 28.9 Å². The van der Waals surface area contributed by atoms with Gasteiger partial charge in [-0.2, -0.15) is 0 Å². The van der Waals surface area contributed by atoms with Crippen LogP contribution in [0, 0.1) is 0 Å². The van der Waals surface area contributed by atoms with E-state index in [4.69, 9.17) is 14.6 Å². The lowest BCUT2D eigenvalue weighted by Gasteiger charge is -2.10. The molecule has 0 saturated heterocycles. The number of fused-ring (bicyclic) bond motifs is 1. The van der Waals surface area contributed by atoms with Crippen LogP contribution < -0.4 is 10.1 Å². The van der Waals surface area contributed by atoms with Crippen LogP contribution in [0.1, 0.15) is 31.0 Å². The highest BCUT2D eigenvalue weighted by molar-refractivity contribution is 5.81. The van der Waals surface area contributed by atoms with Crippen LogP contribution in [0.3, 0.4) is 0 Å². The Morgan fingerprint density at radius 3 is 2.71 bits per heavy atom. The molecule has 1 N–H and O–H groups in total. The molecular weight excluding hydrogens is 390 g/mol. The van der Waals surface area contributed by atoms with E-state index in [-0.39, 0.29) is 0 Å². The molecular formula is C24H25N5O2. The Kier molecular flexibility index (Phi) is 5.84. The molecule has 0 aliphatic carbocycles. The number of aromatic nitrogens is 3. The van der Waals surface area contributed by atoms with E-state index >= 15 is 0 Å². The fourth-order valence-electron chi connectivity index (χ4n) is 3.26. The van der Waals surface area contributed by atoms with E-state index in [2.05, 4.69) is 47.5 Å². The zero-order chi connectivity index (χ0) is 21.8. The Morgan fingerprint density at radius 2 is 1.90 bits per heavy atom. The second kappa shape index (κ2) is 8.87.